The zero-order chi connectivity index (χ0) is 16.7. The molecule has 0 atom stereocenters. The summed E-state index contributed by atoms with van der Waals surface area (Å²) < 4.78 is 35.1. The maximum absolute atomic E-state index is 11.6. The van der Waals surface area contributed by atoms with Gasteiger partial charge in [0.25, 0.3) is 0 Å². The summed E-state index contributed by atoms with van der Waals surface area (Å²) in [5.41, 5.74) is 1.95. The van der Waals surface area contributed by atoms with E-state index in [4.69, 9.17) is 9.47 Å². The summed E-state index contributed by atoms with van der Waals surface area (Å²) in [4.78, 5) is 0.328. The molecule has 0 bridgehead atoms. The molecule has 2 aliphatic rings. The average molecular weight is 344 g/mol. The second-order valence-electron chi connectivity index (χ2n) is 6.59. The van der Waals surface area contributed by atoms with Crippen LogP contribution in [0.4, 0.5) is 0 Å². The van der Waals surface area contributed by atoms with Gasteiger partial charge in [0.15, 0.2) is 21.3 Å². The van der Waals surface area contributed by atoms with Crippen molar-refractivity contribution in [1.29, 1.82) is 0 Å². The molecule has 2 aromatic carbocycles. The number of hydrogen-bond acceptors (Lipinski definition) is 4. The lowest BCUT2D eigenvalue weighted by atomic mass is 10.1. The second-order valence-corrected chi connectivity index (χ2v) is 8.61. The Morgan fingerprint density at radius 2 is 1.33 bits per heavy atom. The molecule has 5 heteroatoms. The number of sulfone groups is 1. The topological polar surface area (TPSA) is 52.6 Å². The molecule has 0 spiro atoms. The van der Waals surface area contributed by atoms with Crippen LogP contribution in [-0.2, 0) is 9.84 Å². The van der Waals surface area contributed by atoms with Gasteiger partial charge in [-0.25, -0.2) is 8.42 Å². The minimum atomic E-state index is -3.18. The van der Waals surface area contributed by atoms with Gasteiger partial charge >= 0.3 is 0 Å². The highest BCUT2D eigenvalue weighted by atomic mass is 32.2. The molecule has 0 amide bonds. The first kappa shape index (κ1) is 15.5. The highest BCUT2D eigenvalue weighted by molar-refractivity contribution is 7.90. The van der Waals surface area contributed by atoms with E-state index in [-0.39, 0.29) is 0 Å². The van der Waals surface area contributed by atoms with Gasteiger partial charge in [0, 0.05) is 6.26 Å². The van der Waals surface area contributed by atoms with Crippen molar-refractivity contribution in [2.24, 2.45) is 0 Å². The third-order valence-corrected chi connectivity index (χ3v) is 5.32. The average Bonchev–Trinajstić information content (AvgIpc) is 3.44. The molecule has 0 saturated heterocycles. The Hall–Kier alpha value is -2.01. The van der Waals surface area contributed by atoms with E-state index in [0.717, 1.165) is 48.3 Å². The van der Waals surface area contributed by atoms with Crippen LogP contribution in [0.2, 0.25) is 0 Å². The van der Waals surface area contributed by atoms with Crippen LogP contribution in [0.25, 0.3) is 11.1 Å². The van der Waals surface area contributed by atoms with Gasteiger partial charge < -0.3 is 9.47 Å². The molecule has 126 valence electrons. The fraction of sp³-hybridized carbons (Fsp3) is 0.368. The lowest BCUT2D eigenvalue weighted by Crippen LogP contribution is -2.02. The summed E-state index contributed by atoms with van der Waals surface area (Å²) in [7, 11) is -3.18. The summed E-state index contributed by atoms with van der Waals surface area (Å²) in [5, 5.41) is 0. The normalized spacial score (nSPS) is 17.5. The van der Waals surface area contributed by atoms with Crippen LogP contribution in [0.5, 0.6) is 11.5 Å². The van der Waals surface area contributed by atoms with Crippen LogP contribution in [0.3, 0.4) is 0 Å². The Bertz CT molecular complexity index is 847. The number of ether oxygens (including phenoxy) is 2. The molecule has 0 heterocycles. The lowest BCUT2D eigenvalue weighted by molar-refractivity contribution is 0.253. The summed E-state index contributed by atoms with van der Waals surface area (Å²) in [6.07, 6.45) is 6.25. The summed E-state index contributed by atoms with van der Waals surface area (Å²) in [6, 6.07) is 12.9. The van der Waals surface area contributed by atoms with Crippen molar-refractivity contribution < 1.29 is 17.9 Å². The van der Waals surface area contributed by atoms with E-state index in [2.05, 4.69) is 0 Å². The molecule has 0 unspecified atom stereocenters. The highest BCUT2D eigenvalue weighted by Gasteiger charge is 2.28. The Balaban J connectivity index is 1.64. The maximum Gasteiger partial charge on any atom is 0.175 e. The standard InChI is InChI=1S/C19H20O4S/c1-24(20,21)17-9-2-13(3-10-17)14-4-11-18(22-15-5-6-15)19(12-14)23-16-7-8-16/h2-4,9-12,15-16H,5-8H2,1H3. The van der Waals surface area contributed by atoms with Crippen molar-refractivity contribution in [1.82, 2.24) is 0 Å². The van der Waals surface area contributed by atoms with Crippen molar-refractivity contribution in [2.75, 3.05) is 6.26 Å². The van der Waals surface area contributed by atoms with Gasteiger partial charge in [-0.3, -0.25) is 0 Å². The highest BCUT2D eigenvalue weighted by Crippen LogP contribution is 2.39. The second kappa shape index (κ2) is 5.81. The third-order valence-electron chi connectivity index (χ3n) is 4.20. The lowest BCUT2D eigenvalue weighted by Gasteiger charge is -2.14. The minimum Gasteiger partial charge on any atom is -0.487 e. The molecule has 2 aromatic rings. The molecular formula is C19H20O4S. The first-order valence-corrected chi connectivity index (χ1v) is 10.2. The molecule has 0 aromatic heterocycles. The molecule has 24 heavy (non-hydrogen) atoms. The maximum atomic E-state index is 11.6. The Morgan fingerprint density at radius 3 is 1.88 bits per heavy atom. The third kappa shape index (κ3) is 3.56. The van der Waals surface area contributed by atoms with E-state index in [9.17, 15) is 8.42 Å². The summed E-state index contributed by atoms with van der Waals surface area (Å²) in [5.74, 6) is 1.59. The van der Waals surface area contributed by atoms with Crippen LogP contribution < -0.4 is 9.47 Å². The first-order chi connectivity index (χ1) is 11.5. The fourth-order valence-electron chi connectivity index (χ4n) is 2.50. The van der Waals surface area contributed by atoms with Gasteiger partial charge in [-0.2, -0.15) is 0 Å². The fourth-order valence-corrected chi connectivity index (χ4v) is 3.13. The summed E-state index contributed by atoms with van der Waals surface area (Å²) in [6.45, 7) is 0. The van der Waals surface area contributed by atoms with Gasteiger partial charge in [-0.1, -0.05) is 18.2 Å². The van der Waals surface area contributed by atoms with Crippen molar-refractivity contribution in [3.8, 4) is 22.6 Å². The van der Waals surface area contributed by atoms with Crippen LogP contribution in [0.15, 0.2) is 47.4 Å². The molecule has 0 N–H and O–H groups in total. The van der Waals surface area contributed by atoms with Crippen LogP contribution in [0.1, 0.15) is 25.7 Å². The number of hydrogen-bond donors (Lipinski definition) is 0. The van der Waals surface area contributed by atoms with E-state index in [1.807, 2.05) is 30.3 Å². The molecule has 0 radical (unpaired) electrons. The van der Waals surface area contributed by atoms with Crippen molar-refractivity contribution >= 4 is 9.84 Å². The molecule has 2 aliphatic carbocycles. The van der Waals surface area contributed by atoms with Crippen LogP contribution in [-0.4, -0.2) is 26.9 Å². The van der Waals surface area contributed by atoms with Crippen molar-refractivity contribution in [2.45, 2.75) is 42.8 Å². The quantitative estimate of drug-likeness (QED) is 0.799. The molecule has 2 saturated carbocycles. The summed E-state index contributed by atoms with van der Waals surface area (Å²) >= 11 is 0. The zero-order valence-corrected chi connectivity index (χ0v) is 14.4. The molecular weight excluding hydrogens is 324 g/mol. The van der Waals surface area contributed by atoms with Gasteiger partial charge in [0.05, 0.1) is 17.1 Å². The number of benzene rings is 2. The Morgan fingerprint density at radius 1 is 0.792 bits per heavy atom. The predicted octanol–water partition coefficient (Wildman–Crippen LogP) is 3.84. The van der Waals surface area contributed by atoms with Gasteiger partial charge in [0.2, 0.25) is 0 Å². The van der Waals surface area contributed by atoms with E-state index >= 15 is 0 Å². The molecule has 4 nitrogen and oxygen atoms in total. The van der Waals surface area contributed by atoms with E-state index < -0.39 is 9.84 Å². The van der Waals surface area contributed by atoms with Gasteiger partial charge in [-0.15, -0.1) is 0 Å². The predicted molar refractivity (Wildman–Crippen MR) is 92.3 cm³/mol. The minimum absolute atomic E-state index is 0.300. The van der Waals surface area contributed by atoms with E-state index in [1.54, 1.807) is 12.1 Å². The Kier molecular flexibility index (Phi) is 3.76. The molecule has 4 rings (SSSR count). The zero-order valence-electron chi connectivity index (χ0n) is 13.6. The van der Waals surface area contributed by atoms with Crippen LogP contribution in [0, 0.1) is 0 Å². The first-order valence-electron chi connectivity index (χ1n) is 8.27. The molecule has 0 aliphatic heterocycles. The number of rotatable bonds is 6. The monoisotopic (exact) mass is 344 g/mol. The largest absolute Gasteiger partial charge is 0.487 e. The molecule has 2 fully saturated rings. The van der Waals surface area contributed by atoms with E-state index in [1.165, 1.54) is 6.26 Å². The van der Waals surface area contributed by atoms with Crippen molar-refractivity contribution in [3.05, 3.63) is 42.5 Å². The Labute approximate surface area is 142 Å². The van der Waals surface area contributed by atoms with E-state index in [0.29, 0.717) is 17.1 Å². The van der Waals surface area contributed by atoms with Gasteiger partial charge in [0.1, 0.15) is 0 Å². The van der Waals surface area contributed by atoms with Crippen molar-refractivity contribution in [3.63, 3.8) is 0 Å². The van der Waals surface area contributed by atoms with Gasteiger partial charge in [-0.05, 0) is 61.1 Å². The SMILES string of the molecule is CS(=O)(=O)c1ccc(-c2ccc(OC3CC3)c(OC3CC3)c2)cc1. The smallest absolute Gasteiger partial charge is 0.175 e. The van der Waals surface area contributed by atoms with Crippen LogP contribution >= 0.6 is 0 Å².